The van der Waals surface area contributed by atoms with Crippen molar-refractivity contribution >= 4 is 6.09 Å². The lowest BCUT2D eigenvalue weighted by Gasteiger charge is -2.32. The third-order valence-corrected chi connectivity index (χ3v) is 3.59. The van der Waals surface area contributed by atoms with Gasteiger partial charge in [-0.05, 0) is 32.6 Å². The van der Waals surface area contributed by atoms with Crippen molar-refractivity contribution in [2.24, 2.45) is 5.92 Å². The van der Waals surface area contributed by atoms with E-state index >= 15 is 0 Å². The molecule has 0 rings (SSSR count). The van der Waals surface area contributed by atoms with Gasteiger partial charge in [-0.25, -0.2) is 4.79 Å². The van der Waals surface area contributed by atoms with E-state index in [0.29, 0.717) is 19.5 Å². The van der Waals surface area contributed by atoms with E-state index in [2.05, 4.69) is 6.92 Å². The smallest absolute Gasteiger partial charge is 0.407 e. The minimum Gasteiger partial charge on any atom is -0.465 e. The molecule has 1 amide bonds. The standard InChI is InChI=1S/C13H27NO3/c1-5-7-8-11(3)13(4,17)9-10-14(6-2)12(15)16/h11,17H,5-10H2,1-4H3,(H,15,16). The number of aliphatic hydroxyl groups is 1. The molecule has 0 saturated carbocycles. The molecule has 0 radical (unpaired) electrons. The van der Waals surface area contributed by atoms with E-state index in [1.807, 2.05) is 20.8 Å². The quantitative estimate of drug-likeness (QED) is 0.691. The topological polar surface area (TPSA) is 60.8 Å². The summed E-state index contributed by atoms with van der Waals surface area (Å²) in [5, 5.41) is 19.2. The second kappa shape index (κ2) is 7.54. The molecule has 4 heteroatoms. The van der Waals surface area contributed by atoms with Crippen molar-refractivity contribution in [3.8, 4) is 0 Å². The summed E-state index contributed by atoms with van der Waals surface area (Å²) in [6, 6.07) is 0. The van der Waals surface area contributed by atoms with Crippen molar-refractivity contribution < 1.29 is 15.0 Å². The van der Waals surface area contributed by atoms with Gasteiger partial charge in [0.25, 0.3) is 0 Å². The first kappa shape index (κ1) is 16.2. The Labute approximate surface area is 105 Å². The third-order valence-electron chi connectivity index (χ3n) is 3.59. The maximum Gasteiger partial charge on any atom is 0.407 e. The summed E-state index contributed by atoms with van der Waals surface area (Å²) in [4.78, 5) is 12.2. The number of rotatable bonds is 8. The average Bonchev–Trinajstić information content (AvgIpc) is 2.25. The van der Waals surface area contributed by atoms with Crippen LogP contribution >= 0.6 is 0 Å². The maximum atomic E-state index is 10.8. The van der Waals surface area contributed by atoms with Crippen molar-refractivity contribution in [2.75, 3.05) is 13.1 Å². The molecule has 0 aromatic heterocycles. The van der Waals surface area contributed by atoms with Gasteiger partial charge in [0.1, 0.15) is 0 Å². The molecule has 2 unspecified atom stereocenters. The lowest BCUT2D eigenvalue weighted by atomic mass is 9.84. The molecule has 102 valence electrons. The zero-order valence-electron chi connectivity index (χ0n) is 11.6. The highest BCUT2D eigenvalue weighted by Crippen LogP contribution is 2.25. The minimum absolute atomic E-state index is 0.204. The van der Waals surface area contributed by atoms with E-state index in [4.69, 9.17) is 5.11 Å². The van der Waals surface area contributed by atoms with Gasteiger partial charge in [0.05, 0.1) is 5.60 Å². The molecular weight excluding hydrogens is 218 g/mol. The maximum absolute atomic E-state index is 10.8. The van der Waals surface area contributed by atoms with E-state index in [9.17, 15) is 9.90 Å². The van der Waals surface area contributed by atoms with Gasteiger partial charge in [0.15, 0.2) is 0 Å². The summed E-state index contributed by atoms with van der Waals surface area (Å²) in [6.07, 6.45) is 2.80. The first-order valence-corrected chi connectivity index (χ1v) is 6.55. The Bertz CT molecular complexity index is 229. The minimum atomic E-state index is -0.912. The van der Waals surface area contributed by atoms with Crippen molar-refractivity contribution in [3.63, 3.8) is 0 Å². The zero-order chi connectivity index (χ0) is 13.5. The number of amides is 1. The highest BCUT2D eigenvalue weighted by atomic mass is 16.4. The fourth-order valence-corrected chi connectivity index (χ4v) is 1.82. The van der Waals surface area contributed by atoms with Crippen molar-refractivity contribution in [3.05, 3.63) is 0 Å². The van der Waals surface area contributed by atoms with Gasteiger partial charge in [0, 0.05) is 13.1 Å². The lowest BCUT2D eigenvalue weighted by Crippen LogP contribution is -2.39. The van der Waals surface area contributed by atoms with Crippen LogP contribution in [0.1, 0.15) is 53.4 Å². The van der Waals surface area contributed by atoms with Gasteiger partial charge < -0.3 is 15.1 Å². The Morgan fingerprint density at radius 3 is 2.41 bits per heavy atom. The molecule has 0 spiro atoms. The SMILES string of the molecule is CCCCC(C)C(C)(O)CCN(CC)C(=O)O. The molecule has 0 aliphatic heterocycles. The second-order valence-corrected chi connectivity index (χ2v) is 5.01. The van der Waals surface area contributed by atoms with Gasteiger partial charge in [-0.15, -0.1) is 0 Å². The van der Waals surface area contributed by atoms with Crippen LogP contribution in [0.5, 0.6) is 0 Å². The van der Waals surface area contributed by atoms with Crippen molar-refractivity contribution in [1.29, 1.82) is 0 Å². The summed E-state index contributed by atoms with van der Waals surface area (Å²) in [7, 11) is 0. The number of nitrogens with zero attached hydrogens (tertiary/aromatic N) is 1. The molecular formula is C13H27NO3. The molecule has 0 heterocycles. The Morgan fingerprint density at radius 1 is 1.41 bits per heavy atom. The number of carboxylic acid groups (broad SMARTS) is 1. The fourth-order valence-electron chi connectivity index (χ4n) is 1.82. The molecule has 0 aromatic carbocycles. The Kier molecular flexibility index (Phi) is 7.19. The Morgan fingerprint density at radius 2 is 2.00 bits per heavy atom. The molecule has 2 atom stereocenters. The summed E-state index contributed by atoms with van der Waals surface area (Å²) >= 11 is 0. The molecule has 0 aliphatic rings. The predicted molar refractivity (Wildman–Crippen MR) is 69.2 cm³/mol. The highest BCUT2D eigenvalue weighted by molar-refractivity contribution is 5.64. The van der Waals surface area contributed by atoms with Crippen LogP contribution in [-0.2, 0) is 0 Å². The number of hydrogen-bond donors (Lipinski definition) is 2. The summed E-state index contributed by atoms with van der Waals surface area (Å²) in [6.45, 7) is 8.65. The molecule has 0 aromatic rings. The number of carbonyl (C=O) groups is 1. The van der Waals surface area contributed by atoms with E-state index < -0.39 is 11.7 Å². The zero-order valence-corrected chi connectivity index (χ0v) is 11.6. The largest absolute Gasteiger partial charge is 0.465 e. The van der Waals surface area contributed by atoms with E-state index in [-0.39, 0.29) is 5.92 Å². The summed E-state index contributed by atoms with van der Waals surface area (Å²) in [5.41, 5.74) is -0.780. The Hall–Kier alpha value is -0.770. The average molecular weight is 245 g/mol. The van der Waals surface area contributed by atoms with Crippen LogP contribution in [0.4, 0.5) is 4.79 Å². The first-order valence-electron chi connectivity index (χ1n) is 6.55. The molecule has 0 aliphatic carbocycles. The molecule has 17 heavy (non-hydrogen) atoms. The van der Waals surface area contributed by atoms with Crippen LogP contribution in [-0.4, -0.2) is 39.9 Å². The van der Waals surface area contributed by atoms with Crippen LogP contribution in [0.2, 0.25) is 0 Å². The normalized spacial score (nSPS) is 16.3. The van der Waals surface area contributed by atoms with E-state index in [0.717, 1.165) is 19.3 Å². The van der Waals surface area contributed by atoms with Crippen LogP contribution < -0.4 is 0 Å². The second-order valence-electron chi connectivity index (χ2n) is 5.01. The van der Waals surface area contributed by atoms with Gasteiger partial charge in [0.2, 0.25) is 0 Å². The third kappa shape index (κ3) is 5.91. The van der Waals surface area contributed by atoms with Gasteiger partial charge >= 0.3 is 6.09 Å². The van der Waals surface area contributed by atoms with Crippen molar-refractivity contribution in [2.45, 2.75) is 59.0 Å². The van der Waals surface area contributed by atoms with Gasteiger partial charge in [-0.3, -0.25) is 0 Å². The molecule has 0 saturated heterocycles. The Balaban J connectivity index is 4.19. The summed E-state index contributed by atoms with van der Waals surface area (Å²) in [5.74, 6) is 0.204. The molecule has 0 bridgehead atoms. The van der Waals surface area contributed by atoms with Gasteiger partial charge in [-0.1, -0.05) is 26.7 Å². The van der Waals surface area contributed by atoms with E-state index in [1.54, 1.807) is 0 Å². The molecule has 4 nitrogen and oxygen atoms in total. The van der Waals surface area contributed by atoms with Crippen LogP contribution in [0.15, 0.2) is 0 Å². The fraction of sp³-hybridized carbons (Fsp3) is 0.923. The summed E-state index contributed by atoms with van der Waals surface area (Å²) < 4.78 is 0. The highest BCUT2D eigenvalue weighted by Gasteiger charge is 2.28. The first-order chi connectivity index (χ1) is 7.85. The van der Waals surface area contributed by atoms with Crippen LogP contribution in [0.3, 0.4) is 0 Å². The van der Waals surface area contributed by atoms with E-state index in [1.165, 1.54) is 4.90 Å². The van der Waals surface area contributed by atoms with Crippen LogP contribution in [0, 0.1) is 5.92 Å². The molecule has 2 N–H and O–H groups in total. The number of hydrogen-bond acceptors (Lipinski definition) is 2. The lowest BCUT2D eigenvalue weighted by molar-refractivity contribution is -0.0119. The van der Waals surface area contributed by atoms with Crippen molar-refractivity contribution in [1.82, 2.24) is 4.90 Å². The monoisotopic (exact) mass is 245 g/mol. The van der Waals surface area contributed by atoms with Crippen LogP contribution in [0.25, 0.3) is 0 Å². The number of unbranched alkanes of at least 4 members (excludes halogenated alkanes) is 1. The molecule has 0 fully saturated rings. The predicted octanol–water partition coefficient (Wildman–Crippen LogP) is 2.95. The van der Waals surface area contributed by atoms with Gasteiger partial charge in [-0.2, -0.15) is 0 Å².